The van der Waals surface area contributed by atoms with Crippen LogP contribution in [0.25, 0.3) is 10.2 Å². The average Bonchev–Trinajstić information content (AvgIpc) is 2.85. The Hall–Kier alpha value is -1.78. The third kappa shape index (κ3) is 2.00. The summed E-state index contributed by atoms with van der Waals surface area (Å²) >= 11 is 1.57. The van der Waals surface area contributed by atoms with Crippen LogP contribution in [0.15, 0.2) is 48.0 Å². The van der Waals surface area contributed by atoms with Crippen LogP contribution in [0, 0.1) is 5.82 Å². The second-order valence-corrected chi connectivity index (χ2v) is 4.98. The molecule has 3 aromatic rings. The third-order valence-electron chi connectivity index (χ3n) is 2.80. The van der Waals surface area contributed by atoms with Crippen molar-refractivity contribution in [1.29, 1.82) is 0 Å². The molecule has 0 aliphatic heterocycles. The first-order valence-electron chi connectivity index (χ1n) is 5.51. The lowest BCUT2D eigenvalue weighted by Crippen LogP contribution is -2.00. The summed E-state index contributed by atoms with van der Waals surface area (Å²) in [5.74, 6) is -0.350. The van der Waals surface area contributed by atoms with Gasteiger partial charge in [0, 0.05) is 11.8 Å². The lowest BCUT2D eigenvalue weighted by molar-refractivity contribution is 0.219. The van der Waals surface area contributed by atoms with Gasteiger partial charge in [-0.05, 0) is 35.2 Å². The van der Waals surface area contributed by atoms with Gasteiger partial charge in [-0.25, -0.2) is 4.39 Å². The van der Waals surface area contributed by atoms with Crippen LogP contribution in [0.2, 0.25) is 0 Å². The van der Waals surface area contributed by atoms with E-state index in [1.807, 2.05) is 17.5 Å². The van der Waals surface area contributed by atoms with E-state index in [0.29, 0.717) is 11.1 Å². The van der Waals surface area contributed by atoms with E-state index in [0.717, 1.165) is 10.2 Å². The topological polar surface area (TPSA) is 33.1 Å². The highest BCUT2D eigenvalue weighted by molar-refractivity contribution is 7.17. The first kappa shape index (κ1) is 11.3. The summed E-state index contributed by atoms with van der Waals surface area (Å²) in [5.41, 5.74) is 2.12. The molecule has 18 heavy (non-hydrogen) atoms. The Bertz CT molecular complexity index is 695. The predicted molar refractivity (Wildman–Crippen MR) is 70.1 cm³/mol. The van der Waals surface area contributed by atoms with Crippen LogP contribution < -0.4 is 0 Å². The molecular weight excluding hydrogens is 249 g/mol. The molecule has 4 heteroatoms. The molecule has 0 spiro atoms. The van der Waals surface area contributed by atoms with Gasteiger partial charge in [0.15, 0.2) is 0 Å². The van der Waals surface area contributed by atoms with Gasteiger partial charge < -0.3 is 5.11 Å². The maximum atomic E-state index is 13.1. The lowest BCUT2D eigenvalue weighted by atomic mass is 10.0. The van der Waals surface area contributed by atoms with Crippen molar-refractivity contribution in [2.75, 3.05) is 0 Å². The van der Waals surface area contributed by atoms with E-state index in [-0.39, 0.29) is 5.82 Å². The van der Waals surface area contributed by atoms with Gasteiger partial charge in [0.1, 0.15) is 11.9 Å². The largest absolute Gasteiger partial charge is 0.384 e. The van der Waals surface area contributed by atoms with Crippen molar-refractivity contribution in [2.45, 2.75) is 6.10 Å². The van der Waals surface area contributed by atoms with Gasteiger partial charge in [-0.2, -0.15) is 0 Å². The number of aromatic nitrogens is 1. The normalized spacial score (nSPS) is 12.8. The van der Waals surface area contributed by atoms with Crippen molar-refractivity contribution >= 4 is 21.6 Å². The van der Waals surface area contributed by atoms with Crippen LogP contribution in [0.1, 0.15) is 17.2 Å². The summed E-state index contributed by atoms with van der Waals surface area (Å²) in [6.45, 7) is 0. The van der Waals surface area contributed by atoms with Crippen LogP contribution in [-0.4, -0.2) is 10.1 Å². The second kappa shape index (κ2) is 4.48. The Kier molecular flexibility index (Phi) is 2.81. The summed E-state index contributed by atoms with van der Waals surface area (Å²) in [6.07, 6.45) is 0.782. The standard InChI is InChI=1S/C14H10FNOS/c15-11-3-1-2-9(6-11)14(17)10-7-13-12(16-8-10)4-5-18-13/h1-8,14,17H. The number of benzene rings is 1. The van der Waals surface area contributed by atoms with E-state index in [2.05, 4.69) is 4.98 Å². The minimum absolute atomic E-state index is 0.350. The highest BCUT2D eigenvalue weighted by atomic mass is 32.1. The molecule has 0 amide bonds. The molecule has 2 heterocycles. The first-order chi connectivity index (χ1) is 8.74. The molecular formula is C14H10FNOS. The zero-order chi connectivity index (χ0) is 12.5. The van der Waals surface area contributed by atoms with E-state index in [4.69, 9.17) is 0 Å². The molecule has 3 rings (SSSR count). The van der Waals surface area contributed by atoms with Crippen LogP contribution in [0.4, 0.5) is 4.39 Å². The van der Waals surface area contributed by atoms with Crippen molar-refractivity contribution in [1.82, 2.24) is 4.98 Å². The average molecular weight is 259 g/mol. The number of rotatable bonds is 2. The molecule has 0 aliphatic rings. The Morgan fingerprint density at radius 1 is 1.17 bits per heavy atom. The molecule has 2 nitrogen and oxygen atoms in total. The number of halogens is 1. The fourth-order valence-electron chi connectivity index (χ4n) is 1.88. The van der Waals surface area contributed by atoms with Gasteiger partial charge in [-0.1, -0.05) is 12.1 Å². The van der Waals surface area contributed by atoms with Gasteiger partial charge in [0.2, 0.25) is 0 Å². The van der Waals surface area contributed by atoms with Crippen LogP contribution in [-0.2, 0) is 0 Å². The second-order valence-electron chi connectivity index (χ2n) is 4.03. The molecule has 90 valence electrons. The SMILES string of the molecule is OC(c1cccc(F)c1)c1cnc2ccsc2c1. The van der Waals surface area contributed by atoms with E-state index >= 15 is 0 Å². The zero-order valence-corrected chi connectivity index (χ0v) is 10.2. The Morgan fingerprint density at radius 3 is 2.89 bits per heavy atom. The Balaban J connectivity index is 2.02. The van der Waals surface area contributed by atoms with Crippen LogP contribution in [0.3, 0.4) is 0 Å². The molecule has 1 unspecified atom stereocenters. The molecule has 1 N–H and O–H groups in total. The van der Waals surface area contributed by atoms with Crippen LogP contribution >= 0.6 is 11.3 Å². The zero-order valence-electron chi connectivity index (χ0n) is 9.38. The highest BCUT2D eigenvalue weighted by Crippen LogP contribution is 2.26. The maximum absolute atomic E-state index is 13.1. The Labute approximate surface area is 107 Å². The van der Waals surface area contributed by atoms with E-state index in [1.165, 1.54) is 12.1 Å². The Morgan fingerprint density at radius 2 is 2.06 bits per heavy atom. The summed E-state index contributed by atoms with van der Waals surface area (Å²) in [7, 11) is 0. The number of fused-ring (bicyclic) bond motifs is 1. The molecule has 1 aromatic carbocycles. The molecule has 0 radical (unpaired) electrons. The van der Waals surface area contributed by atoms with Crippen molar-refractivity contribution in [2.24, 2.45) is 0 Å². The number of thiophene rings is 1. The molecule has 1 atom stereocenters. The van der Waals surface area contributed by atoms with Crippen molar-refractivity contribution < 1.29 is 9.50 Å². The number of aliphatic hydroxyl groups is 1. The summed E-state index contributed by atoms with van der Waals surface area (Å²) in [6, 6.07) is 9.80. The molecule has 0 fully saturated rings. The smallest absolute Gasteiger partial charge is 0.123 e. The fraction of sp³-hybridized carbons (Fsp3) is 0.0714. The minimum Gasteiger partial charge on any atom is -0.384 e. The van der Waals surface area contributed by atoms with Crippen molar-refractivity contribution in [3.63, 3.8) is 0 Å². The number of hydrogen-bond donors (Lipinski definition) is 1. The van der Waals surface area contributed by atoms with Crippen LogP contribution in [0.5, 0.6) is 0 Å². The van der Waals surface area contributed by atoms with E-state index in [9.17, 15) is 9.50 Å². The van der Waals surface area contributed by atoms with Crippen molar-refractivity contribution in [3.05, 3.63) is 64.9 Å². The summed E-state index contributed by atoms with van der Waals surface area (Å²) in [4.78, 5) is 4.27. The van der Waals surface area contributed by atoms with Gasteiger partial charge in [-0.3, -0.25) is 4.98 Å². The monoisotopic (exact) mass is 259 g/mol. The summed E-state index contributed by atoms with van der Waals surface area (Å²) < 4.78 is 14.1. The predicted octanol–water partition coefficient (Wildman–Crippen LogP) is 3.52. The molecule has 2 aromatic heterocycles. The number of nitrogens with zero attached hydrogens (tertiary/aromatic N) is 1. The third-order valence-corrected chi connectivity index (χ3v) is 3.66. The van der Waals surface area contributed by atoms with Gasteiger partial charge in [0.25, 0.3) is 0 Å². The number of pyridine rings is 1. The highest BCUT2D eigenvalue weighted by Gasteiger charge is 2.12. The minimum atomic E-state index is -0.848. The lowest BCUT2D eigenvalue weighted by Gasteiger charge is -2.11. The summed E-state index contributed by atoms with van der Waals surface area (Å²) in [5, 5.41) is 12.2. The van der Waals surface area contributed by atoms with Gasteiger partial charge in [-0.15, -0.1) is 11.3 Å². The number of aliphatic hydroxyl groups excluding tert-OH is 1. The van der Waals surface area contributed by atoms with Gasteiger partial charge >= 0.3 is 0 Å². The molecule has 0 saturated carbocycles. The van der Waals surface area contributed by atoms with Gasteiger partial charge in [0.05, 0.1) is 10.2 Å². The maximum Gasteiger partial charge on any atom is 0.123 e. The molecule has 0 bridgehead atoms. The van der Waals surface area contributed by atoms with E-state index < -0.39 is 6.10 Å². The fourth-order valence-corrected chi connectivity index (χ4v) is 2.67. The van der Waals surface area contributed by atoms with Crippen molar-refractivity contribution in [3.8, 4) is 0 Å². The van der Waals surface area contributed by atoms with E-state index in [1.54, 1.807) is 29.7 Å². The molecule has 0 aliphatic carbocycles. The molecule has 0 saturated heterocycles. The number of hydrogen-bond acceptors (Lipinski definition) is 3. The quantitative estimate of drug-likeness (QED) is 0.764. The first-order valence-corrected chi connectivity index (χ1v) is 6.39.